The number of esters is 1. The number of carbonyl (C=O) groups is 1. The average molecular weight is 267 g/mol. The van der Waals surface area contributed by atoms with E-state index < -0.39 is 11.1 Å². The summed E-state index contributed by atoms with van der Waals surface area (Å²) < 4.78 is 28.4. The molecule has 0 fully saturated rings. The van der Waals surface area contributed by atoms with Gasteiger partial charge in [0.25, 0.3) is 0 Å². The van der Waals surface area contributed by atoms with E-state index in [0.717, 1.165) is 0 Å². The van der Waals surface area contributed by atoms with Gasteiger partial charge in [0.15, 0.2) is 0 Å². The van der Waals surface area contributed by atoms with Crippen LogP contribution < -0.4 is 4.74 Å². The smallest absolute Gasteiger partial charge is 0.313 e. The fraction of sp³-hybridized carbons (Fsp3) is 0.273. The second-order valence-electron chi connectivity index (χ2n) is 4.00. The predicted octanol–water partition coefficient (Wildman–Crippen LogP) is 1.13. The lowest BCUT2D eigenvalue weighted by atomic mass is 10.2. The average Bonchev–Trinajstić information content (AvgIpc) is 2.71. The second kappa shape index (κ2) is 4.87. The van der Waals surface area contributed by atoms with Crippen molar-refractivity contribution in [3.63, 3.8) is 0 Å². The largest absolute Gasteiger partial charge is 0.767 e. The lowest BCUT2D eigenvalue weighted by Gasteiger charge is -2.08. The number of imidazole rings is 1. The molecule has 96 valence electrons. The standard InChI is InChI=1S/C11H12N2O4S/c1-7(2)11(14)17-8-3-4-9-12-5-10(18(15)16)13(9)6-8/h3-7H,1-2H3,(H,15,16)/p-1. The van der Waals surface area contributed by atoms with Crippen LogP contribution in [0.3, 0.4) is 0 Å². The van der Waals surface area contributed by atoms with Crippen molar-refractivity contribution in [1.82, 2.24) is 9.38 Å². The van der Waals surface area contributed by atoms with Crippen LogP contribution in [0.2, 0.25) is 0 Å². The predicted molar refractivity (Wildman–Crippen MR) is 62.9 cm³/mol. The molecular weight excluding hydrogens is 256 g/mol. The van der Waals surface area contributed by atoms with Crippen molar-refractivity contribution in [2.24, 2.45) is 5.92 Å². The molecular formula is C11H11N2O4S-. The van der Waals surface area contributed by atoms with Gasteiger partial charge in [0.05, 0.1) is 18.3 Å². The zero-order valence-corrected chi connectivity index (χ0v) is 10.6. The number of hydrogen-bond acceptors (Lipinski definition) is 5. The maximum atomic E-state index is 11.4. The third-order valence-corrected chi connectivity index (χ3v) is 2.95. The Bertz CT molecular complexity index is 621. The minimum Gasteiger partial charge on any atom is -0.767 e. The van der Waals surface area contributed by atoms with E-state index in [1.165, 1.54) is 16.8 Å². The Labute approximate surface area is 106 Å². The molecule has 0 saturated heterocycles. The van der Waals surface area contributed by atoms with Crippen LogP contribution >= 0.6 is 0 Å². The number of pyridine rings is 1. The second-order valence-corrected chi connectivity index (χ2v) is 4.89. The molecule has 0 amide bonds. The molecule has 7 heteroatoms. The number of hydrogen-bond donors (Lipinski definition) is 0. The number of rotatable bonds is 3. The van der Waals surface area contributed by atoms with Gasteiger partial charge in [-0.1, -0.05) is 13.8 Å². The van der Waals surface area contributed by atoms with Crippen molar-refractivity contribution in [1.29, 1.82) is 0 Å². The molecule has 2 aromatic rings. The van der Waals surface area contributed by atoms with Gasteiger partial charge in [-0.3, -0.25) is 13.4 Å². The summed E-state index contributed by atoms with van der Waals surface area (Å²) in [5.41, 5.74) is 0.471. The lowest BCUT2D eigenvalue weighted by molar-refractivity contribution is -0.137. The van der Waals surface area contributed by atoms with Gasteiger partial charge in [0, 0.05) is 0 Å². The first-order valence-corrected chi connectivity index (χ1v) is 6.34. The van der Waals surface area contributed by atoms with Crippen molar-refractivity contribution in [2.45, 2.75) is 18.9 Å². The minimum absolute atomic E-state index is 0.0208. The summed E-state index contributed by atoms with van der Waals surface area (Å²) >= 11 is -2.39. The number of nitrogens with zero attached hydrogens (tertiary/aromatic N) is 2. The van der Waals surface area contributed by atoms with Gasteiger partial charge in [0.1, 0.15) is 16.4 Å². The zero-order chi connectivity index (χ0) is 13.3. The molecule has 1 atom stereocenters. The quantitative estimate of drug-likeness (QED) is 0.615. The first kappa shape index (κ1) is 12.7. The van der Waals surface area contributed by atoms with E-state index in [0.29, 0.717) is 5.65 Å². The van der Waals surface area contributed by atoms with Gasteiger partial charge >= 0.3 is 5.97 Å². The highest BCUT2D eigenvalue weighted by atomic mass is 32.2. The highest BCUT2D eigenvalue weighted by molar-refractivity contribution is 7.79. The minimum atomic E-state index is -2.39. The molecule has 18 heavy (non-hydrogen) atoms. The normalized spacial score (nSPS) is 12.9. The maximum absolute atomic E-state index is 11.4. The molecule has 0 N–H and O–H groups in total. The number of carbonyl (C=O) groups excluding carboxylic acids is 1. The highest BCUT2D eigenvalue weighted by Crippen LogP contribution is 2.17. The first-order valence-electron chi connectivity index (χ1n) is 5.27. The van der Waals surface area contributed by atoms with E-state index in [1.54, 1.807) is 26.0 Å². The first-order chi connectivity index (χ1) is 8.49. The Morgan fingerprint density at radius 3 is 2.83 bits per heavy atom. The lowest BCUT2D eigenvalue weighted by Crippen LogP contribution is -2.15. The topological polar surface area (TPSA) is 83.7 Å². The Morgan fingerprint density at radius 2 is 2.22 bits per heavy atom. The van der Waals surface area contributed by atoms with E-state index in [9.17, 15) is 13.6 Å². The van der Waals surface area contributed by atoms with E-state index >= 15 is 0 Å². The molecule has 0 radical (unpaired) electrons. The van der Waals surface area contributed by atoms with Crippen LogP contribution in [-0.4, -0.2) is 24.1 Å². The third-order valence-electron chi connectivity index (χ3n) is 2.31. The van der Waals surface area contributed by atoms with Crippen molar-refractivity contribution < 1.29 is 18.3 Å². The van der Waals surface area contributed by atoms with Gasteiger partial charge in [-0.05, 0) is 23.2 Å². The molecule has 0 aliphatic heterocycles. The van der Waals surface area contributed by atoms with E-state index in [-0.39, 0.29) is 22.7 Å². The fourth-order valence-corrected chi connectivity index (χ4v) is 1.80. The monoisotopic (exact) mass is 267 g/mol. The van der Waals surface area contributed by atoms with Gasteiger partial charge in [-0.25, -0.2) is 4.98 Å². The summed E-state index contributed by atoms with van der Waals surface area (Å²) in [6, 6.07) is 3.15. The van der Waals surface area contributed by atoms with Gasteiger partial charge in [-0.2, -0.15) is 0 Å². The molecule has 1 unspecified atom stereocenters. The summed E-state index contributed by atoms with van der Waals surface area (Å²) in [5, 5.41) is 0.0208. The Hall–Kier alpha value is -1.73. The molecule has 0 spiro atoms. The molecule has 0 aliphatic carbocycles. The summed E-state index contributed by atoms with van der Waals surface area (Å²) in [6.45, 7) is 3.44. The Morgan fingerprint density at radius 1 is 1.50 bits per heavy atom. The Balaban J connectivity index is 2.39. The van der Waals surface area contributed by atoms with E-state index in [1.807, 2.05) is 0 Å². The van der Waals surface area contributed by atoms with Crippen LogP contribution in [0.15, 0.2) is 29.6 Å². The molecule has 2 heterocycles. The molecule has 0 aromatic carbocycles. The zero-order valence-electron chi connectivity index (χ0n) is 9.82. The van der Waals surface area contributed by atoms with Crippen molar-refractivity contribution in [3.05, 3.63) is 24.5 Å². The summed E-state index contributed by atoms with van der Waals surface area (Å²) in [6.07, 6.45) is 2.67. The van der Waals surface area contributed by atoms with Crippen molar-refractivity contribution >= 4 is 22.7 Å². The number of fused-ring (bicyclic) bond motifs is 1. The van der Waals surface area contributed by atoms with Crippen LogP contribution in [0.25, 0.3) is 5.65 Å². The highest BCUT2D eigenvalue weighted by Gasteiger charge is 2.11. The molecule has 2 rings (SSSR count). The van der Waals surface area contributed by atoms with Gasteiger partial charge in [0.2, 0.25) is 0 Å². The van der Waals surface area contributed by atoms with Crippen molar-refractivity contribution in [3.8, 4) is 5.75 Å². The molecule has 6 nitrogen and oxygen atoms in total. The van der Waals surface area contributed by atoms with Crippen LogP contribution in [0, 0.1) is 5.92 Å². The van der Waals surface area contributed by atoms with Crippen molar-refractivity contribution in [2.75, 3.05) is 0 Å². The maximum Gasteiger partial charge on any atom is 0.313 e. The van der Waals surface area contributed by atoms with Gasteiger partial charge in [-0.15, -0.1) is 0 Å². The van der Waals surface area contributed by atoms with Crippen LogP contribution in [0.4, 0.5) is 0 Å². The third kappa shape index (κ3) is 2.41. The molecule has 2 aromatic heterocycles. The Kier molecular flexibility index (Phi) is 3.44. The number of ether oxygens (including phenoxy) is 1. The van der Waals surface area contributed by atoms with Crippen LogP contribution in [0.1, 0.15) is 13.8 Å². The van der Waals surface area contributed by atoms with Crippen LogP contribution in [-0.2, 0) is 15.9 Å². The summed E-state index contributed by atoms with van der Waals surface area (Å²) in [4.78, 5) is 15.4. The molecule has 0 saturated carbocycles. The SMILES string of the molecule is CC(C)C(=O)Oc1ccc2ncc(S(=O)[O-])n2c1. The number of aromatic nitrogens is 2. The molecule has 0 aliphatic rings. The van der Waals surface area contributed by atoms with Gasteiger partial charge < -0.3 is 9.29 Å². The fourth-order valence-electron chi connectivity index (χ4n) is 1.36. The van der Waals surface area contributed by atoms with E-state index in [2.05, 4.69) is 4.98 Å². The van der Waals surface area contributed by atoms with E-state index in [4.69, 9.17) is 4.74 Å². The van der Waals surface area contributed by atoms with Crippen LogP contribution in [0.5, 0.6) is 5.75 Å². The molecule has 0 bridgehead atoms. The summed E-state index contributed by atoms with van der Waals surface area (Å²) in [5.74, 6) is -0.346. The summed E-state index contributed by atoms with van der Waals surface area (Å²) in [7, 11) is 0.